The van der Waals surface area contributed by atoms with Crippen molar-refractivity contribution >= 4 is 12.8 Å². The number of hydrogen-bond acceptors (Lipinski definition) is 3. The molecule has 2 fully saturated rings. The van der Waals surface area contributed by atoms with Crippen molar-refractivity contribution in [3.8, 4) is 0 Å². The molecule has 2 N–H and O–H groups in total. The van der Waals surface area contributed by atoms with Crippen LogP contribution in [0.2, 0.25) is 6.82 Å². The summed E-state index contributed by atoms with van der Waals surface area (Å²) in [6, 6.07) is -0.0816. The van der Waals surface area contributed by atoms with Crippen LogP contribution in [0.25, 0.3) is 0 Å². The third kappa shape index (κ3) is 2.36. The van der Waals surface area contributed by atoms with Crippen molar-refractivity contribution in [1.29, 1.82) is 0 Å². The Morgan fingerprint density at radius 1 is 1.53 bits per heavy atom. The Bertz CT molecular complexity index is 307. The van der Waals surface area contributed by atoms with Crippen molar-refractivity contribution in [3.63, 3.8) is 0 Å². The molecule has 2 saturated heterocycles. The molecule has 0 spiro atoms. The van der Waals surface area contributed by atoms with E-state index in [1.807, 2.05) is 4.90 Å². The highest BCUT2D eigenvalue weighted by atomic mass is 16.2. The minimum atomic E-state index is -0.425. The second-order valence-corrected chi connectivity index (χ2v) is 6.11. The molecule has 2 heterocycles. The van der Waals surface area contributed by atoms with Gasteiger partial charge in [0.2, 0.25) is 5.91 Å². The average Bonchev–Trinajstić information content (AvgIpc) is 2.82. The summed E-state index contributed by atoms with van der Waals surface area (Å²) in [6.07, 6.45) is 2.97. The van der Waals surface area contributed by atoms with Crippen LogP contribution in [0, 0.1) is 5.41 Å². The Balaban J connectivity index is 2.09. The summed E-state index contributed by atoms with van der Waals surface area (Å²) in [5.41, 5.74) is 0.0307. The highest BCUT2D eigenvalue weighted by molar-refractivity contribution is 6.51. The van der Waals surface area contributed by atoms with Gasteiger partial charge in [0.15, 0.2) is 0 Å². The summed E-state index contributed by atoms with van der Waals surface area (Å²) in [6.45, 7) is 7.35. The molecule has 0 aromatic carbocycles. The summed E-state index contributed by atoms with van der Waals surface area (Å²) < 4.78 is 0. The fraction of sp³-hybridized carbons (Fsp3) is 0.917. The molecule has 2 aliphatic rings. The number of amides is 1. The molecule has 0 bridgehead atoms. The second-order valence-electron chi connectivity index (χ2n) is 6.11. The van der Waals surface area contributed by atoms with E-state index in [0.29, 0.717) is 0 Å². The molecule has 96 valence electrons. The molecule has 2 atom stereocenters. The van der Waals surface area contributed by atoms with Crippen LogP contribution in [0.1, 0.15) is 33.1 Å². The Morgan fingerprint density at radius 2 is 2.24 bits per heavy atom. The summed E-state index contributed by atoms with van der Waals surface area (Å²) in [4.78, 5) is 14.4. The first-order valence-corrected chi connectivity index (χ1v) is 6.65. The van der Waals surface area contributed by atoms with Crippen molar-refractivity contribution < 1.29 is 9.82 Å². The molecule has 0 aromatic heterocycles. The number of nitrogens with zero attached hydrogens (tertiary/aromatic N) is 1. The van der Waals surface area contributed by atoms with Gasteiger partial charge in [-0.15, -0.1) is 0 Å². The Hall–Kier alpha value is -0.545. The lowest BCUT2D eigenvalue weighted by Crippen LogP contribution is -2.53. The summed E-state index contributed by atoms with van der Waals surface area (Å²) in [5.74, 6) is 0.191. The van der Waals surface area contributed by atoms with Crippen LogP contribution in [0.5, 0.6) is 0 Å². The number of hydrogen-bond donors (Lipinski definition) is 2. The normalized spacial score (nSPS) is 31.9. The smallest absolute Gasteiger partial charge is 0.309 e. The van der Waals surface area contributed by atoms with Gasteiger partial charge < -0.3 is 15.2 Å². The van der Waals surface area contributed by atoms with E-state index in [4.69, 9.17) is 0 Å². The van der Waals surface area contributed by atoms with Gasteiger partial charge in [0.1, 0.15) is 0 Å². The number of rotatable bonds is 2. The van der Waals surface area contributed by atoms with Gasteiger partial charge in [-0.1, -0.05) is 20.7 Å². The first-order valence-electron chi connectivity index (χ1n) is 6.65. The topological polar surface area (TPSA) is 52.6 Å². The number of nitrogens with one attached hydrogen (secondary N) is 1. The Labute approximate surface area is 104 Å². The van der Waals surface area contributed by atoms with Crippen molar-refractivity contribution in [1.82, 2.24) is 10.2 Å². The van der Waals surface area contributed by atoms with Crippen LogP contribution in [-0.2, 0) is 4.79 Å². The first kappa shape index (κ1) is 12.9. The van der Waals surface area contributed by atoms with Gasteiger partial charge in [0.05, 0.1) is 6.04 Å². The minimum Gasteiger partial charge on any atom is -0.449 e. The molecule has 0 aromatic rings. The zero-order valence-corrected chi connectivity index (χ0v) is 11.1. The maximum atomic E-state index is 12.5. The quantitative estimate of drug-likeness (QED) is 0.689. The number of likely N-dealkylation sites (tertiary alicyclic amines) is 1. The minimum absolute atomic E-state index is 0.0145. The van der Waals surface area contributed by atoms with E-state index in [-0.39, 0.29) is 23.3 Å². The van der Waals surface area contributed by atoms with Crippen molar-refractivity contribution in [2.45, 2.75) is 51.9 Å². The van der Waals surface area contributed by atoms with Crippen molar-refractivity contribution in [3.05, 3.63) is 0 Å². The van der Waals surface area contributed by atoms with Gasteiger partial charge in [0, 0.05) is 12.5 Å². The average molecular weight is 238 g/mol. The fourth-order valence-corrected chi connectivity index (χ4v) is 3.11. The predicted octanol–water partition coefficient (Wildman–Crippen LogP) is 0.518. The van der Waals surface area contributed by atoms with E-state index in [2.05, 4.69) is 19.2 Å². The Morgan fingerprint density at radius 3 is 2.76 bits per heavy atom. The van der Waals surface area contributed by atoms with E-state index in [9.17, 15) is 9.82 Å². The molecule has 0 saturated carbocycles. The third-order valence-corrected chi connectivity index (χ3v) is 4.29. The van der Waals surface area contributed by atoms with E-state index < -0.39 is 6.92 Å². The van der Waals surface area contributed by atoms with Crippen molar-refractivity contribution in [2.24, 2.45) is 5.41 Å². The maximum absolute atomic E-state index is 12.5. The monoisotopic (exact) mass is 238 g/mol. The third-order valence-electron chi connectivity index (χ3n) is 4.29. The van der Waals surface area contributed by atoms with Gasteiger partial charge in [-0.3, -0.25) is 4.79 Å². The number of carbonyl (C=O) groups is 1. The largest absolute Gasteiger partial charge is 0.449 e. The molecule has 0 aliphatic carbocycles. The summed E-state index contributed by atoms with van der Waals surface area (Å²) in [7, 11) is 0. The van der Waals surface area contributed by atoms with Crippen LogP contribution in [0.15, 0.2) is 0 Å². The highest BCUT2D eigenvalue weighted by Crippen LogP contribution is 2.32. The molecule has 0 radical (unpaired) electrons. The van der Waals surface area contributed by atoms with E-state index in [1.54, 1.807) is 6.82 Å². The van der Waals surface area contributed by atoms with E-state index in [1.165, 1.54) is 0 Å². The standard InChI is InChI=1S/C12H23BN2O2/c1-12(2)6-7-14-10(12)11(16)15-8-4-5-9(15)13(3)17/h9-10,14,17H,4-8H2,1-3H3/t9-,10+/m0/s1. The van der Waals surface area contributed by atoms with Crippen molar-refractivity contribution in [2.75, 3.05) is 13.1 Å². The first-order chi connectivity index (χ1) is 7.93. The van der Waals surface area contributed by atoms with Gasteiger partial charge in [0.25, 0.3) is 0 Å². The fourth-order valence-electron chi connectivity index (χ4n) is 3.11. The number of carbonyl (C=O) groups excluding carboxylic acids is 1. The molecule has 5 heteroatoms. The van der Waals surface area contributed by atoms with E-state index >= 15 is 0 Å². The molecule has 2 aliphatic heterocycles. The van der Waals surface area contributed by atoms with Gasteiger partial charge in [-0.05, 0) is 31.2 Å². The highest BCUT2D eigenvalue weighted by Gasteiger charge is 2.44. The maximum Gasteiger partial charge on any atom is 0.309 e. The van der Waals surface area contributed by atoms with Gasteiger partial charge >= 0.3 is 6.92 Å². The zero-order chi connectivity index (χ0) is 12.6. The molecule has 0 unspecified atom stereocenters. The SMILES string of the molecule is CB(O)[C@@H]1CCCN1C(=O)[C@H]1NCCC1(C)C. The van der Waals surface area contributed by atoms with Crippen LogP contribution >= 0.6 is 0 Å². The summed E-state index contributed by atoms with van der Waals surface area (Å²) in [5, 5.41) is 13.0. The van der Waals surface area contributed by atoms with Gasteiger partial charge in [-0.25, -0.2) is 0 Å². The predicted molar refractivity (Wildman–Crippen MR) is 68.8 cm³/mol. The molecular weight excluding hydrogens is 215 g/mol. The lowest BCUT2D eigenvalue weighted by molar-refractivity contribution is -0.135. The van der Waals surface area contributed by atoms with E-state index in [0.717, 1.165) is 32.4 Å². The summed E-state index contributed by atoms with van der Waals surface area (Å²) >= 11 is 0. The molecule has 2 rings (SSSR count). The van der Waals surface area contributed by atoms with Crippen LogP contribution in [0.4, 0.5) is 0 Å². The molecule has 1 amide bonds. The lowest BCUT2D eigenvalue weighted by atomic mass is 9.62. The molecule has 17 heavy (non-hydrogen) atoms. The van der Waals surface area contributed by atoms with Crippen LogP contribution in [0.3, 0.4) is 0 Å². The zero-order valence-electron chi connectivity index (χ0n) is 11.1. The van der Waals surface area contributed by atoms with Crippen LogP contribution in [-0.4, -0.2) is 47.8 Å². The Kier molecular flexibility index (Phi) is 3.50. The van der Waals surface area contributed by atoms with Crippen LogP contribution < -0.4 is 5.32 Å². The van der Waals surface area contributed by atoms with Gasteiger partial charge in [-0.2, -0.15) is 0 Å². The second kappa shape index (κ2) is 4.61. The molecule has 4 nitrogen and oxygen atoms in total. The molecular formula is C12H23BN2O2. The lowest BCUT2D eigenvalue weighted by Gasteiger charge is -2.33.